The third-order valence-electron chi connectivity index (χ3n) is 9.34. The smallest absolute Gasteiger partial charge is 0.407 e. The maximum atomic E-state index is 14.0. The van der Waals surface area contributed by atoms with Crippen molar-refractivity contribution in [2.45, 2.75) is 75.6 Å². The number of ether oxygens (including phenoxy) is 5. The number of carbonyl (C=O) groups excluding carboxylic acids is 1. The Morgan fingerprint density at radius 2 is 1.63 bits per heavy atom. The number of nitrogens with zero attached hydrogens (tertiary/aromatic N) is 1. The highest BCUT2D eigenvalue weighted by atomic mass is 32.2. The van der Waals surface area contributed by atoms with E-state index in [1.165, 1.54) is 23.5 Å². The molecule has 0 unspecified atom stereocenters. The van der Waals surface area contributed by atoms with Gasteiger partial charge in [-0.3, -0.25) is 0 Å². The van der Waals surface area contributed by atoms with Gasteiger partial charge < -0.3 is 34.1 Å². The minimum Gasteiger partial charge on any atom is -0.497 e. The zero-order valence-electron chi connectivity index (χ0n) is 28.4. The van der Waals surface area contributed by atoms with Crippen molar-refractivity contribution in [3.8, 4) is 11.5 Å². The minimum absolute atomic E-state index is 0.0530. The van der Waals surface area contributed by atoms with Crippen LogP contribution >= 0.6 is 0 Å². The molecule has 2 heterocycles. The van der Waals surface area contributed by atoms with Crippen molar-refractivity contribution in [3.05, 3.63) is 90.0 Å². The number of hydrogen-bond acceptors (Lipinski definition) is 9. The van der Waals surface area contributed by atoms with Crippen LogP contribution < -0.4 is 14.8 Å². The summed E-state index contributed by atoms with van der Waals surface area (Å²) in [6, 6.07) is 22.6. The first-order chi connectivity index (χ1) is 23.7. The summed E-state index contributed by atoms with van der Waals surface area (Å²) >= 11 is 0. The van der Waals surface area contributed by atoms with E-state index in [2.05, 4.69) is 5.32 Å². The molecular weight excluding hydrogens is 648 g/mol. The van der Waals surface area contributed by atoms with Crippen LogP contribution in [0.2, 0.25) is 0 Å². The third-order valence-corrected chi connectivity index (χ3v) is 11.2. The molecule has 49 heavy (non-hydrogen) atoms. The number of amides is 1. The predicted molar refractivity (Wildman–Crippen MR) is 184 cm³/mol. The van der Waals surface area contributed by atoms with E-state index in [0.29, 0.717) is 24.7 Å². The largest absolute Gasteiger partial charge is 0.497 e. The van der Waals surface area contributed by atoms with Crippen LogP contribution in [0.1, 0.15) is 44.2 Å². The number of hydrogen-bond donors (Lipinski definition) is 2. The lowest BCUT2D eigenvalue weighted by Gasteiger charge is -2.31. The van der Waals surface area contributed by atoms with Crippen LogP contribution in [-0.2, 0) is 37.3 Å². The van der Waals surface area contributed by atoms with Gasteiger partial charge in [-0.1, -0.05) is 69.2 Å². The van der Waals surface area contributed by atoms with Gasteiger partial charge in [-0.15, -0.1) is 0 Å². The third kappa shape index (κ3) is 9.73. The summed E-state index contributed by atoms with van der Waals surface area (Å²) < 4.78 is 57.4. The van der Waals surface area contributed by atoms with Crippen molar-refractivity contribution in [2.24, 2.45) is 11.8 Å². The number of aliphatic hydroxyl groups excluding tert-OH is 1. The fourth-order valence-corrected chi connectivity index (χ4v) is 7.74. The zero-order chi connectivity index (χ0) is 34.8. The van der Waals surface area contributed by atoms with Gasteiger partial charge in [-0.05, 0) is 66.3 Å². The molecule has 0 spiro atoms. The number of rotatable bonds is 17. The molecule has 0 aromatic heterocycles. The lowest BCUT2D eigenvalue weighted by molar-refractivity contribution is -0.0907. The van der Waals surface area contributed by atoms with Gasteiger partial charge in [0.2, 0.25) is 10.0 Å². The topological polar surface area (TPSA) is 133 Å². The SMILES string of the molecule is CCC(CC)CN(C[C@@H](O)[C@H](Cc1ccc(OCc2ccccc2)cc1)NC(=O)O[C@H]1CO[C@H]2OCC[C@H]21)S(=O)(=O)c1ccc(OC)cc1. The van der Waals surface area contributed by atoms with Crippen molar-refractivity contribution in [3.63, 3.8) is 0 Å². The Labute approximate surface area is 289 Å². The van der Waals surface area contributed by atoms with Gasteiger partial charge in [-0.25, -0.2) is 13.2 Å². The maximum Gasteiger partial charge on any atom is 0.407 e. The fraction of sp³-hybridized carbons (Fsp3) is 0.486. The molecule has 0 radical (unpaired) electrons. The van der Waals surface area contributed by atoms with Crippen molar-refractivity contribution in [1.82, 2.24) is 9.62 Å². The highest BCUT2D eigenvalue weighted by molar-refractivity contribution is 7.89. The molecule has 2 aliphatic heterocycles. The monoisotopic (exact) mass is 696 g/mol. The average Bonchev–Trinajstić information content (AvgIpc) is 3.75. The summed E-state index contributed by atoms with van der Waals surface area (Å²) in [5.41, 5.74) is 1.86. The summed E-state index contributed by atoms with van der Waals surface area (Å²) in [6.45, 7) is 5.19. The first-order valence-electron chi connectivity index (χ1n) is 17.0. The molecule has 0 aliphatic carbocycles. The Balaban J connectivity index is 1.34. The van der Waals surface area contributed by atoms with E-state index in [4.69, 9.17) is 23.7 Å². The van der Waals surface area contributed by atoms with Crippen molar-refractivity contribution >= 4 is 16.1 Å². The molecule has 2 fully saturated rings. The van der Waals surface area contributed by atoms with E-state index in [1.54, 1.807) is 12.1 Å². The normalized spacial score (nSPS) is 20.2. The van der Waals surface area contributed by atoms with Crippen LogP contribution in [0.15, 0.2) is 83.8 Å². The Bertz CT molecular complexity index is 1570. The van der Waals surface area contributed by atoms with Gasteiger partial charge in [0.05, 0.1) is 43.3 Å². The second kappa shape index (κ2) is 17.3. The first kappa shape index (κ1) is 36.6. The Hall–Kier alpha value is -3.68. The van der Waals surface area contributed by atoms with Crippen LogP contribution in [0, 0.1) is 11.8 Å². The van der Waals surface area contributed by atoms with Crippen LogP contribution in [-0.4, -0.2) is 81.9 Å². The van der Waals surface area contributed by atoms with Gasteiger partial charge in [0.1, 0.15) is 24.2 Å². The number of methoxy groups -OCH3 is 1. The number of alkyl carbamates (subject to hydrolysis) is 1. The van der Waals surface area contributed by atoms with Gasteiger partial charge in [-0.2, -0.15) is 4.31 Å². The van der Waals surface area contributed by atoms with E-state index in [1.807, 2.05) is 68.4 Å². The lowest BCUT2D eigenvalue weighted by atomic mass is 10.00. The number of fused-ring (bicyclic) bond motifs is 1. The average molecular weight is 697 g/mol. The summed E-state index contributed by atoms with van der Waals surface area (Å²) in [5, 5.41) is 14.6. The molecule has 5 atom stereocenters. The summed E-state index contributed by atoms with van der Waals surface area (Å²) in [5.74, 6) is 1.23. The highest BCUT2D eigenvalue weighted by Crippen LogP contribution is 2.33. The van der Waals surface area contributed by atoms with E-state index < -0.39 is 34.4 Å². The van der Waals surface area contributed by atoms with E-state index >= 15 is 0 Å². The lowest BCUT2D eigenvalue weighted by Crippen LogP contribution is -2.52. The second-order valence-electron chi connectivity index (χ2n) is 12.6. The van der Waals surface area contributed by atoms with Crippen LogP contribution in [0.3, 0.4) is 0 Å². The molecule has 11 nitrogen and oxygen atoms in total. The summed E-state index contributed by atoms with van der Waals surface area (Å²) in [4.78, 5) is 13.4. The number of benzene rings is 3. The standard InChI is InChI=1S/C37H48N2O9S/c1-4-26(5-2)22-39(49(42,43)31-17-15-29(44-3)16-18-31)23-34(40)33(38-37(41)48-35-25-47-36-32(35)19-20-45-36)21-27-11-13-30(14-12-27)46-24-28-9-7-6-8-10-28/h6-18,26,32-36,40H,4-5,19-25H2,1-3H3,(H,38,41)/t32-,33-,34+,35-,36+/m0/s1. The van der Waals surface area contributed by atoms with Gasteiger partial charge in [0.15, 0.2) is 6.29 Å². The predicted octanol–water partition coefficient (Wildman–Crippen LogP) is 5.16. The summed E-state index contributed by atoms with van der Waals surface area (Å²) in [6.07, 6.45) is -0.373. The molecule has 0 saturated carbocycles. The molecule has 0 bridgehead atoms. The van der Waals surface area contributed by atoms with Crippen molar-refractivity contribution in [2.75, 3.05) is 33.4 Å². The molecule has 2 aliphatic rings. The van der Waals surface area contributed by atoms with Gasteiger partial charge >= 0.3 is 6.09 Å². The quantitative estimate of drug-likeness (QED) is 0.196. The molecule has 1 amide bonds. The molecular formula is C37H48N2O9S. The van der Waals surface area contributed by atoms with Crippen molar-refractivity contribution < 1.29 is 42.0 Å². The summed E-state index contributed by atoms with van der Waals surface area (Å²) in [7, 11) is -2.49. The number of nitrogens with one attached hydrogen (secondary N) is 1. The Morgan fingerprint density at radius 1 is 0.939 bits per heavy atom. The number of carbonyl (C=O) groups is 1. The van der Waals surface area contributed by atoms with Crippen molar-refractivity contribution in [1.29, 1.82) is 0 Å². The fourth-order valence-electron chi connectivity index (χ4n) is 6.21. The molecule has 2 saturated heterocycles. The van der Waals surface area contributed by atoms with Gasteiger partial charge in [0.25, 0.3) is 0 Å². The van der Waals surface area contributed by atoms with E-state index in [-0.39, 0.29) is 49.1 Å². The van der Waals surface area contributed by atoms with Crippen LogP contribution in [0.25, 0.3) is 0 Å². The molecule has 2 N–H and O–H groups in total. The Morgan fingerprint density at radius 3 is 2.31 bits per heavy atom. The highest BCUT2D eigenvalue weighted by Gasteiger charge is 2.44. The maximum absolute atomic E-state index is 14.0. The van der Waals surface area contributed by atoms with E-state index in [9.17, 15) is 18.3 Å². The molecule has 12 heteroatoms. The second-order valence-corrected chi connectivity index (χ2v) is 14.5. The van der Waals surface area contributed by atoms with Crippen LogP contribution in [0.5, 0.6) is 11.5 Å². The first-order valence-corrected chi connectivity index (χ1v) is 18.4. The minimum atomic E-state index is -4.01. The Kier molecular flexibility index (Phi) is 12.9. The molecule has 3 aromatic rings. The van der Waals surface area contributed by atoms with Crippen LogP contribution in [0.4, 0.5) is 4.79 Å². The number of sulfonamides is 1. The molecule has 5 rings (SSSR count). The van der Waals surface area contributed by atoms with E-state index in [0.717, 1.165) is 30.4 Å². The zero-order valence-corrected chi connectivity index (χ0v) is 29.2. The molecule has 266 valence electrons. The molecule has 3 aromatic carbocycles. The number of aliphatic hydroxyl groups is 1. The van der Waals surface area contributed by atoms with Gasteiger partial charge in [0, 0.05) is 13.1 Å².